The summed E-state index contributed by atoms with van der Waals surface area (Å²) in [7, 11) is 0. The Morgan fingerprint density at radius 3 is 2.70 bits per heavy atom. The molecule has 54 valence electrons. The van der Waals surface area contributed by atoms with Crippen LogP contribution in [0.2, 0.25) is 0 Å². The van der Waals surface area contributed by atoms with Crippen LogP contribution in [0, 0.1) is 17.8 Å². The van der Waals surface area contributed by atoms with E-state index in [1.807, 2.05) is 13.0 Å². The maximum Gasteiger partial charge on any atom is 0.0240 e. The molecule has 1 atom stereocenters. The van der Waals surface area contributed by atoms with Crippen LogP contribution in [0.25, 0.3) is 0 Å². The van der Waals surface area contributed by atoms with Gasteiger partial charge in [-0.25, -0.2) is 0 Å². The van der Waals surface area contributed by atoms with E-state index in [2.05, 4.69) is 31.1 Å². The SMILES string of the molecule is C=C=CCC(C#CC)CC. The topological polar surface area (TPSA) is 0 Å². The highest BCUT2D eigenvalue weighted by atomic mass is 14.0. The lowest BCUT2D eigenvalue weighted by Crippen LogP contribution is -1.91. The summed E-state index contributed by atoms with van der Waals surface area (Å²) in [5.74, 6) is 6.53. The van der Waals surface area contributed by atoms with Gasteiger partial charge in [0, 0.05) is 5.92 Å². The van der Waals surface area contributed by atoms with E-state index < -0.39 is 0 Å². The van der Waals surface area contributed by atoms with Gasteiger partial charge in [0.15, 0.2) is 0 Å². The van der Waals surface area contributed by atoms with Gasteiger partial charge in [0.25, 0.3) is 0 Å². The Morgan fingerprint density at radius 1 is 1.60 bits per heavy atom. The van der Waals surface area contributed by atoms with Crippen LogP contribution in [0.3, 0.4) is 0 Å². The molecule has 0 radical (unpaired) electrons. The van der Waals surface area contributed by atoms with Crippen molar-refractivity contribution in [1.82, 2.24) is 0 Å². The lowest BCUT2D eigenvalue weighted by Gasteiger charge is -2.00. The van der Waals surface area contributed by atoms with Gasteiger partial charge in [-0.2, -0.15) is 0 Å². The van der Waals surface area contributed by atoms with E-state index in [-0.39, 0.29) is 0 Å². The first-order valence-electron chi connectivity index (χ1n) is 3.61. The average Bonchev–Trinajstić information content (AvgIpc) is 1.98. The maximum absolute atomic E-state index is 3.50. The molecule has 0 N–H and O–H groups in total. The Hall–Kier alpha value is -0.920. The lowest BCUT2D eigenvalue weighted by molar-refractivity contribution is 0.661. The Morgan fingerprint density at radius 2 is 2.30 bits per heavy atom. The zero-order chi connectivity index (χ0) is 7.82. The molecule has 0 rings (SSSR count). The Kier molecular flexibility index (Phi) is 5.63. The van der Waals surface area contributed by atoms with Crippen molar-refractivity contribution in [2.24, 2.45) is 5.92 Å². The third-order valence-electron chi connectivity index (χ3n) is 1.39. The molecule has 0 fully saturated rings. The first-order chi connectivity index (χ1) is 4.85. The molecule has 0 heteroatoms. The molecular weight excluding hydrogens is 120 g/mol. The van der Waals surface area contributed by atoms with Crippen LogP contribution in [0.4, 0.5) is 0 Å². The van der Waals surface area contributed by atoms with Gasteiger partial charge in [-0.3, -0.25) is 0 Å². The van der Waals surface area contributed by atoms with Gasteiger partial charge < -0.3 is 0 Å². The van der Waals surface area contributed by atoms with Crippen molar-refractivity contribution in [2.45, 2.75) is 26.7 Å². The van der Waals surface area contributed by atoms with Gasteiger partial charge in [0.05, 0.1) is 0 Å². The van der Waals surface area contributed by atoms with Crippen molar-refractivity contribution in [3.63, 3.8) is 0 Å². The Balaban J connectivity index is 3.78. The summed E-state index contributed by atoms with van der Waals surface area (Å²) in [5, 5.41) is 0. The highest BCUT2D eigenvalue weighted by Crippen LogP contribution is 2.06. The number of rotatable bonds is 3. The first-order valence-corrected chi connectivity index (χ1v) is 3.61. The molecular formula is C10H14. The fourth-order valence-corrected chi connectivity index (χ4v) is 0.757. The summed E-state index contributed by atoms with van der Waals surface area (Å²) >= 11 is 0. The second kappa shape index (κ2) is 6.20. The molecule has 0 aromatic carbocycles. The predicted molar refractivity (Wildman–Crippen MR) is 45.6 cm³/mol. The zero-order valence-corrected chi connectivity index (χ0v) is 6.78. The van der Waals surface area contributed by atoms with Crippen LogP contribution >= 0.6 is 0 Å². The fourth-order valence-electron chi connectivity index (χ4n) is 0.757. The molecule has 0 aliphatic rings. The van der Waals surface area contributed by atoms with E-state index in [9.17, 15) is 0 Å². The summed E-state index contributed by atoms with van der Waals surface area (Å²) < 4.78 is 0. The molecule has 0 aliphatic carbocycles. The fraction of sp³-hybridized carbons (Fsp3) is 0.500. The maximum atomic E-state index is 3.50. The second-order valence-corrected chi connectivity index (χ2v) is 2.14. The molecule has 0 heterocycles. The molecule has 0 saturated heterocycles. The van der Waals surface area contributed by atoms with Crippen LogP contribution in [0.15, 0.2) is 18.4 Å². The zero-order valence-electron chi connectivity index (χ0n) is 6.78. The standard InChI is InChI=1S/C10H14/c1-4-7-9-10(6-3)8-5-2/h7,10H,1,6,9H2,2-3H3. The van der Waals surface area contributed by atoms with Crippen molar-refractivity contribution in [1.29, 1.82) is 0 Å². The molecule has 0 amide bonds. The summed E-state index contributed by atoms with van der Waals surface area (Å²) in [4.78, 5) is 0. The van der Waals surface area contributed by atoms with Crippen LogP contribution in [0.5, 0.6) is 0 Å². The van der Waals surface area contributed by atoms with Crippen molar-refractivity contribution in [2.75, 3.05) is 0 Å². The van der Waals surface area contributed by atoms with E-state index in [1.165, 1.54) is 0 Å². The van der Waals surface area contributed by atoms with Crippen LogP contribution in [0.1, 0.15) is 26.7 Å². The molecule has 0 spiro atoms. The Labute approximate surface area is 63.6 Å². The quantitative estimate of drug-likeness (QED) is 0.411. The first kappa shape index (κ1) is 9.08. The van der Waals surface area contributed by atoms with Crippen molar-refractivity contribution in [3.05, 3.63) is 18.4 Å². The molecule has 0 nitrogen and oxygen atoms in total. The van der Waals surface area contributed by atoms with Gasteiger partial charge in [0.1, 0.15) is 0 Å². The van der Waals surface area contributed by atoms with E-state index in [0.717, 1.165) is 12.8 Å². The minimum Gasteiger partial charge on any atom is -0.133 e. The van der Waals surface area contributed by atoms with E-state index in [1.54, 1.807) is 0 Å². The predicted octanol–water partition coefficient (Wildman–Crippen LogP) is 2.77. The van der Waals surface area contributed by atoms with E-state index in [0.29, 0.717) is 5.92 Å². The Bertz CT molecular complexity index is 172. The monoisotopic (exact) mass is 134 g/mol. The third-order valence-corrected chi connectivity index (χ3v) is 1.39. The minimum atomic E-state index is 0.499. The van der Waals surface area contributed by atoms with E-state index in [4.69, 9.17) is 0 Å². The molecule has 0 bridgehead atoms. The summed E-state index contributed by atoms with van der Waals surface area (Å²) in [5.41, 5.74) is 2.75. The molecule has 0 aromatic rings. The third kappa shape index (κ3) is 4.01. The van der Waals surface area contributed by atoms with Gasteiger partial charge in [-0.15, -0.1) is 11.7 Å². The van der Waals surface area contributed by atoms with Crippen LogP contribution in [-0.4, -0.2) is 0 Å². The van der Waals surface area contributed by atoms with Crippen LogP contribution in [-0.2, 0) is 0 Å². The van der Waals surface area contributed by atoms with Crippen LogP contribution < -0.4 is 0 Å². The molecule has 0 aliphatic heterocycles. The van der Waals surface area contributed by atoms with Gasteiger partial charge in [0.2, 0.25) is 0 Å². The summed E-state index contributed by atoms with van der Waals surface area (Å²) in [6.45, 7) is 7.52. The second-order valence-electron chi connectivity index (χ2n) is 2.14. The molecule has 1 unspecified atom stereocenters. The van der Waals surface area contributed by atoms with E-state index >= 15 is 0 Å². The normalized spacial score (nSPS) is 10.6. The number of allylic oxidation sites excluding steroid dienone is 1. The molecule has 10 heavy (non-hydrogen) atoms. The summed E-state index contributed by atoms with van der Waals surface area (Å²) in [6, 6.07) is 0. The van der Waals surface area contributed by atoms with Crippen molar-refractivity contribution >= 4 is 0 Å². The van der Waals surface area contributed by atoms with Crippen molar-refractivity contribution in [3.8, 4) is 11.8 Å². The average molecular weight is 134 g/mol. The minimum absolute atomic E-state index is 0.499. The lowest BCUT2D eigenvalue weighted by atomic mass is 10.0. The van der Waals surface area contributed by atoms with Gasteiger partial charge in [-0.1, -0.05) is 19.4 Å². The highest BCUT2D eigenvalue weighted by Gasteiger charge is 1.96. The van der Waals surface area contributed by atoms with Gasteiger partial charge in [-0.05, 0) is 25.8 Å². The smallest absolute Gasteiger partial charge is 0.0240 e. The largest absolute Gasteiger partial charge is 0.133 e. The number of hydrogen-bond acceptors (Lipinski definition) is 0. The number of hydrogen-bond donors (Lipinski definition) is 0. The van der Waals surface area contributed by atoms with Gasteiger partial charge >= 0.3 is 0 Å². The molecule has 0 saturated carbocycles. The molecule has 0 aromatic heterocycles. The summed E-state index contributed by atoms with van der Waals surface area (Å²) in [6.07, 6.45) is 4.04. The highest BCUT2D eigenvalue weighted by molar-refractivity contribution is 5.02. The van der Waals surface area contributed by atoms with Crippen molar-refractivity contribution < 1.29 is 0 Å².